The topological polar surface area (TPSA) is 48.1 Å². The number of anilines is 1. The van der Waals surface area contributed by atoms with Crippen LogP contribution in [0, 0.1) is 0 Å². The van der Waals surface area contributed by atoms with Gasteiger partial charge in [0.25, 0.3) is 0 Å². The van der Waals surface area contributed by atoms with Gasteiger partial charge >= 0.3 is 0 Å². The summed E-state index contributed by atoms with van der Waals surface area (Å²) < 4.78 is 5.06. The van der Waals surface area contributed by atoms with Crippen molar-refractivity contribution in [2.75, 3.05) is 12.8 Å². The average Bonchev–Trinajstić information content (AvgIpc) is 2.20. The third kappa shape index (κ3) is 1.54. The maximum atomic E-state index is 5.82. The van der Waals surface area contributed by atoms with Gasteiger partial charge in [-0.05, 0) is 11.6 Å². The lowest BCUT2D eigenvalue weighted by Crippen LogP contribution is -1.91. The zero-order valence-electron chi connectivity index (χ0n) is 8.03. The number of aromatic nitrogens is 1. The van der Waals surface area contributed by atoms with Crippen LogP contribution in [0.1, 0.15) is 5.56 Å². The number of ether oxygens (including phenoxy) is 1. The molecule has 0 unspecified atom stereocenters. The maximum absolute atomic E-state index is 5.82. The van der Waals surface area contributed by atoms with Gasteiger partial charge in [0.05, 0.1) is 18.5 Å². The number of nitrogens with two attached hydrogens (primary N) is 1. The lowest BCUT2D eigenvalue weighted by atomic mass is 10.1. The quantitative estimate of drug-likeness (QED) is 0.783. The molecule has 14 heavy (non-hydrogen) atoms. The molecule has 0 aliphatic carbocycles. The van der Waals surface area contributed by atoms with Gasteiger partial charge in [-0.1, -0.05) is 12.1 Å². The van der Waals surface area contributed by atoms with Crippen LogP contribution in [0.5, 0.6) is 0 Å². The van der Waals surface area contributed by atoms with E-state index in [2.05, 4.69) is 4.98 Å². The van der Waals surface area contributed by atoms with E-state index < -0.39 is 0 Å². The van der Waals surface area contributed by atoms with E-state index in [0.29, 0.717) is 12.3 Å². The van der Waals surface area contributed by atoms with Crippen molar-refractivity contribution in [3.05, 3.63) is 36.2 Å². The van der Waals surface area contributed by atoms with Gasteiger partial charge in [-0.25, -0.2) is 0 Å². The van der Waals surface area contributed by atoms with Crippen LogP contribution in [0.4, 0.5) is 5.69 Å². The van der Waals surface area contributed by atoms with Gasteiger partial charge in [-0.2, -0.15) is 0 Å². The van der Waals surface area contributed by atoms with Crippen LogP contribution in [0.15, 0.2) is 30.6 Å². The van der Waals surface area contributed by atoms with E-state index in [1.807, 2.05) is 24.4 Å². The van der Waals surface area contributed by atoms with E-state index in [9.17, 15) is 0 Å². The summed E-state index contributed by atoms with van der Waals surface area (Å²) in [5, 5.41) is 2.10. The largest absolute Gasteiger partial charge is 0.397 e. The molecule has 3 nitrogen and oxygen atoms in total. The van der Waals surface area contributed by atoms with Crippen LogP contribution >= 0.6 is 0 Å². The predicted molar refractivity (Wildman–Crippen MR) is 56.9 cm³/mol. The summed E-state index contributed by atoms with van der Waals surface area (Å²) in [4.78, 5) is 4.03. The minimum Gasteiger partial charge on any atom is -0.397 e. The standard InChI is InChI=1S/C11H12N2O/c1-14-7-8-2-3-9-5-13-6-11(12)10(9)4-8/h2-6H,7,12H2,1H3. The fourth-order valence-electron chi connectivity index (χ4n) is 1.49. The normalized spacial score (nSPS) is 10.6. The Labute approximate surface area is 82.5 Å². The van der Waals surface area contributed by atoms with Gasteiger partial charge in [0.2, 0.25) is 0 Å². The van der Waals surface area contributed by atoms with Crippen molar-refractivity contribution >= 4 is 16.5 Å². The third-order valence-corrected chi connectivity index (χ3v) is 2.17. The Kier molecular flexibility index (Phi) is 2.33. The number of nitrogens with zero attached hydrogens (tertiary/aromatic N) is 1. The Bertz CT molecular complexity index is 454. The van der Waals surface area contributed by atoms with Crippen LogP contribution in [-0.2, 0) is 11.3 Å². The van der Waals surface area contributed by atoms with Crippen LogP contribution in [0.2, 0.25) is 0 Å². The van der Waals surface area contributed by atoms with Gasteiger partial charge in [-0.15, -0.1) is 0 Å². The number of hydrogen-bond donors (Lipinski definition) is 1. The van der Waals surface area contributed by atoms with Crippen molar-refractivity contribution in [3.63, 3.8) is 0 Å². The summed E-state index contributed by atoms with van der Waals surface area (Å²) in [6, 6.07) is 6.07. The number of hydrogen-bond acceptors (Lipinski definition) is 3. The predicted octanol–water partition coefficient (Wildman–Crippen LogP) is 1.96. The van der Waals surface area contributed by atoms with Gasteiger partial charge < -0.3 is 10.5 Å². The summed E-state index contributed by atoms with van der Waals surface area (Å²) in [5.41, 5.74) is 7.65. The molecular formula is C11H12N2O. The minimum absolute atomic E-state index is 0.609. The van der Waals surface area contributed by atoms with Crippen molar-refractivity contribution in [3.8, 4) is 0 Å². The second-order valence-electron chi connectivity index (χ2n) is 3.22. The van der Waals surface area contributed by atoms with Crippen LogP contribution in [-0.4, -0.2) is 12.1 Å². The minimum atomic E-state index is 0.609. The number of fused-ring (bicyclic) bond motifs is 1. The van der Waals surface area contributed by atoms with Crippen molar-refractivity contribution in [1.82, 2.24) is 4.98 Å². The zero-order chi connectivity index (χ0) is 9.97. The lowest BCUT2D eigenvalue weighted by Gasteiger charge is -2.04. The molecule has 0 aliphatic rings. The second-order valence-corrected chi connectivity index (χ2v) is 3.22. The molecule has 0 aliphatic heterocycles. The fourth-order valence-corrected chi connectivity index (χ4v) is 1.49. The molecule has 72 valence electrons. The summed E-state index contributed by atoms with van der Waals surface area (Å²) in [6.45, 7) is 0.609. The van der Waals surface area contributed by atoms with Crippen molar-refractivity contribution in [1.29, 1.82) is 0 Å². The molecule has 0 bridgehead atoms. The highest BCUT2D eigenvalue weighted by atomic mass is 16.5. The Morgan fingerprint density at radius 1 is 1.36 bits per heavy atom. The number of methoxy groups -OCH3 is 1. The fraction of sp³-hybridized carbons (Fsp3) is 0.182. The summed E-state index contributed by atoms with van der Waals surface area (Å²) in [7, 11) is 1.68. The second kappa shape index (κ2) is 3.64. The molecule has 1 heterocycles. The summed E-state index contributed by atoms with van der Waals surface area (Å²) in [5.74, 6) is 0. The van der Waals surface area contributed by atoms with Crippen molar-refractivity contribution < 1.29 is 4.74 Å². The van der Waals surface area contributed by atoms with Crippen LogP contribution in [0.3, 0.4) is 0 Å². The highest BCUT2D eigenvalue weighted by Gasteiger charge is 1.99. The first-order chi connectivity index (χ1) is 6.81. The van der Waals surface area contributed by atoms with E-state index in [1.165, 1.54) is 0 Å². The van der Waals surface area contributed by atoms with Gasteiger partial charge in [0.1, 0.15) is 0 Å². The Morgan fingerprint density at radius 3 is 3.00 bits per heavy atom. The van der Waals surface area contributed by atoms with E-state index in [0.717, 1.165) is 16.3 Å². The molecule has 3 heteroatoms. The SMILES string of the molecule is COCc1ccc2cncc(N)c2c1. The van der Waals surface area contributed by atoms with Crippen LogP contribution in [0.25, 0.3) is 10.8 Å². The number of pyridine rings is 1. The van der Waals surface area contributed by atoms with Crippen molar-refractivity contribution in [2.45, 2.75) is 6.61 Å². The van der Waals surface area contributed by atoms with E-state index in [1.54, 1.807) is 13.3 Å². The van der Waals surface area contributed by atoms with Gasteiger partial charge in [0, 0.05) is 24.1 Å². The first-order valence-corrected chi connectivity index (χ1v) is 4.42. The van der Waals surface area contributed by atoms with E-state index in [-0.39, 0.29) is 0 Å². The molecule has 0 radical (unpaired) electrons. The monoisotopic (exact) mass is 188 g/mol. The van der Waals surface area contributed by atoms with Gasteiger partial charge in [-0.3, -0.25) is 4.98 Å². The molecule has 0 spiro atoms. The Morgan fingerprint density at radius 2 is 2.21 bits per heavy atom. The average molecular weight is 188 g/mol. The van der Waals surface area contributed by atoms with E-state index >= 15 is 0 Å². The summed E-state index contributed by atoms with van der Waals surface area (Å²) >= 11 is 0. The molecule has 0 fully saturated rings. The molecule has 0 saturated heterocycles. The molecule has 1 aromatic carbocycles. The van der Waals surface area contributed by atoms with Crippen LogP contribution < -0.4 is 5.73 Å². The highest BCUT2D eigenvalue weighted by Crippen LogP contribution is 2.20. The molecule has 0 atom stereocenters. The third-order valence-electron chi connectivity index (χ3n) is 2.17. The highest BCUT2D eigenvalue weighted by molar-refractivity contribution is 5.92. The molecule has 2 N–H and O–H groups in total. The maximum Gasteiger partial charge on any atom is 0.0713 e. The molecule has 2 rings (SSSR count). The molecule has 2 aromatic rings. The first kappa shape index (κ1) is 8.97. The molecule has 0 saturated carbocycles. The van der Waals surface area contributed by atoms with Crippen molar-refractivity contribution in [2.24, 2.45) is 0 Å². The Hall–Kier alpha value is -1.61. The smallest absolute Gasteiger partial charge is 0.0713 e. The number of nitrogen functional groups attached to an aromatic ring is 1. The number of rotatable bonds is 2. The van der Waals surface area contributed by atoms with Gasteiger partial charge in [0.15, 0.2) is 0 Å². The first-order valence-electron chi connectivity index (χ1n) is 4.42. The number of benzene rings is 1. The Balaban J connectivity index is 2.58. The lowest BCUT2D eigenvalue weighted by molar-refractivity contribution is 0.185. The van der Waals surface area contributed by atoms with E-state index in [4.69, 9.17) is 10.5 Å². The summed E-state index contributed by atoms with van der Waals surface area (Å²) in [6.07, 6.45) is 3.47. The zero-order valence-corrected chi connectivity index (χ0v) is 8.03. The molecule has 0 amide bonds. The molecular weight excluding hydrogens is 176 g/mol. The molecule has 1 aromatic heterocycles.